The van der Waals surface area contributed by atoms with Gasteiger partial charge in [-0.25, -0.2) is 13.4 Å². The number of hydrogen-bond acceptors (Lipinski definition) is 6. The molecule has 1 aromatic carbocycles. The van der Waals surface area contributed by atoms with Crippen LogP contribution >= 0.6 is 11.3 Å². The smallest absolute Gasteiger partial charge is 0.258 e. The van der Waals surface area contributed by atoms with Crippen LogP contribution in [0.25, 0.3) is 0 Å². The number of anilines is 1. The van der Waals surface area contributed by atoms with Crippen LogP contribution in [0.2, 0.25) is 0 Å². The molecule has 0 unspecified atom stereocenters. The molecule has 2 aromatic rings. The highest BCUT2D eigenvalue weighted by molar-refractivity contribution is 7.92. The van der Waals surface area contributed by atoms with E-state index in [4.69, 9.17) is 0 Å². The van der Waals surface area contributed by atoms with Crippen molar-refractivity contribution in [2.45, 2.75) is 25.5 Å². The molecule has 1 aromatic heterocycles. The number of nitro groups is 1. The molecule has 7 nitrogen and oxygen atoms in total. The Balaban J connectivity index is 2.19. The molecule has 1 N–H and O–H groups in total. The van der Waals surface area contributed by atoms with Crippen molar-refractivity contribution in [3.8, 4) is 0 Å². The number of rotatable bonds is 6. The molecular weight excluding hydrogens is 326 g/mol. The van der Waals surface area contributed by atoms with Crippen molar-refractivity contribution < 1.29 is 13.3 Å². The highest BCUT2D eigenvalue weighted by atomic mass is 32.2. The van der Waals surface area contributed by atoms with Crippen LogP contribution in [0.3, 0.4) is 0 Å². The second-order valence-corrected chi connectivity index (χ2v) is 7.56. The summed E-state index contributed by atoms with van der Waals surface area (Å²) in [4.78, 5) is 14.5. The molecule has 0 radical (unpaired) electrons. The summed E-state index contributed by atoms with van der Waals surface area (Å²) < 4.78 is 26.7. The third-order valence-electron chi connectivity index (χ3n) is 2.89. The maximum Gasteiger partial charge on any atom is 0.273 e. The number of para-hydroxylation sites is 1. The molecule has 0 saturated carbocycles. The van der Waals surface area contributed by atoms with Crippen molar-refractivity contribution >= 4 is 32.2 Å². The lowest BCUT2D eigenvalue weighted by Crippen LogP contribution is -2.15. The van der Waals surface area contributed by atoms with E-state index in [9.17, 15) is 18.5 Å². The first kappa shape index (κ1) is 16.4. The number of sulfonamides is 1. The maximum absolute atomic E-state index is 12.2. The standard InChI is InChI=1S/C13H15N3O4S2/c1-9(2)11-7-21-13(14-11)15-22(19,20)8-10-5-3-4-6-12(10)16(17)18/h3-7,9H,8H2,1-2H3,(H,14,15). The molecule has 0 aliphatic carbocycles. The summed E-state index contributed by atoms with van der Waals surface area (Å²) >= 11 is 1.19. The van der Waals surface area contributed by atoms with Crippen LogP contribution in [-0.4, -0.2) is 18.3 Å². The van der Waals surface area contributed by atoms with Crippen LogP contribution in [0, 0.1) is 10.1 Å². The van der Waals surface area contributed by atoms with Gasteiger partial charge in [0.25, 0.3) is 5.69 Å². The first-order chi connectivity index (χ1) is 10.3. The predicted octanol–water partition coefficient (Wildman–Crippen LogP) is 3.12. The zero-order valence-electron chi connectivity index (χ0n) is 12.0. The Morgan fingerprint density at radius 2 is 2.05 bits per heavy atom. The van der Waals surface area contributed by atoms with Crippen LogP contribution in [0.5, 0.6) is 0 Å². The largest absolute Gasteiger partial charge is 0.273 e. The summed E-state index contributed by atoms with van der Waals surface area (Å²) in [6.45, 7) is 3.92. The van der Waals surface area contributed by atoms with Gasteiger partial charge >= 0.3 is 0 Å². The maximum atomic E-state index is 12.2. The van der Waals surface area contributed by atoms with Crippen molar-refractivity contribution in [1.29, 1.82) is 0 Å². The lowest BCUT2D eigenvalue weighted by molar-refractivity contribution is -0.385. The van der Waals surface area contributed by atoms with Gasteiger partial charge in [0, 0.05) is 17.0 Å². The predicted molar refractivity (Wildman–Crippen MR) is 85.5 cm³/mol. The summed E-state index contributed by atoms with van der Waals surface area (Å²) in [7, 11) is -3.76. The van der Waals surface area contributed by atoms with Crippen LogP contribution in [0.4, 0.5) is 10.8 Å². The fourth-order valence-corrected chi connectivity index (χ4v) is 4.11. The molecule has 0 amide bonds. The van der Waals surface area contributed by atoms with E-state index in [-0.39, 0.29) is 22.3 Å². The molecule has 0 spiro atoms. The van der Waals surface area contributed by atoms with Gasteiger partial charge in [-0.3, -0.25) is 14.8 Å². The summed E-state index contributed by atoms with van der Waals surface area (Å²) in [6, 6.07) is 5.78. The molecule has 0 aliphatic rings. The number of aromatic nitrogens is 1. The monoisotopic (exact) mass is 341 g/mol. The van der Waals surface area contributed by atoms with Crippen molar-refractivity contribution in [2.24, 2.45) is 0 Å². The zero-order valence-corrected chi connectivity index (χ0v) is 13.6. The van der Waals surface area contributed by atoms with E-state index in [1.807, 2.05) is 13.8 Å². The highest BCUT2D eigenvalue weighted by Crippen LogP contribution is 2.24. The van der Waals surface area contributed by atoms with E-state index in [1.165, 1.54) is 29.5 Å². The molecule has 118 valence electrons. The minimum absolute atomic E-state index is 0.139. The molecule has 0 fully saturated rings. The van der Waals surface area contributed by atoms with E-state index >= 15 is 0 Å². The van der Waals surface area contributed by atoms with Gasteiger partial charge in [-0.15, -0.1) is 11.3 Å². The molecular formula is C13H15N3O4S2. The Morgan fingerprint density at radius 3 is 2.64 bits per heavy atom. The lowest BCUT2D eigenvalue weighted by Gasteiger charge is -2.06. The van der Waals surface area contributed by atoms with Gasteiger partial charge in [-0.1, -0.05) is 32.0 Å². The number of thiazole rings is 1. The third-order valence-corrected chi connectivity index (χ3v) is 4.99. The number of nitrogens with one attached hydrogen (secondary N) is 1. The average Bonchev–Trinajstić information content (AvgIpc) is 2.86. The van der Waals surface area contributed by atoms with Gasteiger partial charge in [0.2, 0.25) is 10.0 Å². The Labute approximate surface area is 132 Å². The average molecular weight is 341 g/mol. The van der Waals surface area contributed by atoms with E-state index in [1.54, 1.807) is 11.4 Å². The number of nitrogens with zero attached hydrogens (tertiary/aromatic N) is 2. The van der Waals surface area contributed by atoms with E-state index < -0.39 is 20.7 Å². The molecule has 0 atom stereocenters. The summed E-state index contributed by atoms with van der Waals surface area (Å²) in [5.41, 5.74) is 0.726. The van der Waals surface area contributed by atoms with E-state index in [2.05, 4.69) is 9.71 Å². The molecule has 0 saturated heterocycles. The fourth-order valence-electron chi connectivity index (χ4n) is 1.78. The van der Waals surface area contributed by atoms with Crippen LogP contribution in [-0.2, 0) is 15.8 Å². The van der Waals surface area contributed by atoms with Gasteiger partial charge in [-0.05, 0) is 5.92 Å². The number of benzene rings is 1. The van der Waals surface area contributed by atoms with Gasteiger partial charge in [0.1, 0.15) is 5.75 Å². The summed E-state index contributed by atoms with van der Waals surface area (Å²) in [5.74, 6) is -0.273. The quantitative estimate of drug-likeness (QED) is 0.642. The van der Waals surface area contributed by atoms with Gasteiger partial charge in [0.15, 0.2) is 5.13 Å². The highest BCUT2D eigenvalue weighted by Gasteiger charge is 2.21. The van der Waals surface area contributed by atoms with E-state index in [0.717, 1.165) is 5.69 Å². The van der Waals surface area contributed by atoms with Crippen LogP contribution in [0.1, 0.15) is 31.0 Å². The second-order valence-electron chi connectivity index (χ2n) is 4.98. The topological polar surface area (TPSA) is 102 Å². The molecule has 22 heavy (non-hydrogen) atoms. The second kappa shape index (κ2) is 6.41. The molecule has 9 heteroatoms. The summed E-state index contributed by atoms with van der Waals surface area (Å²) in [6.07, 6.45) is 0. The minimum Gasteiger partial charge on any atom is -0.258 e. The van der Waals surface area contributed by atoms with Crippen molar-refractivity contribution in [2.75, 3.05) is 4.72 Å². The Kier molecular flexibility index (Phi) is 4.77. The van der Waals surface area contributed by atoms with Crippen molar-refractivity contribution in [1.82, 2.24) is 4.98 Å². The van der Waals surface area contributed by atoms with Crippen LogP contribution < -0.4 is 4.72 Å². The number of nitro benzene ring substituents is 1. The SMILES string of the molecule is CC(C)c1csc(NS(=O)(=O)Cc2ccccc2[N+](=O)[O-])n1. The van der Waals surface area contributed by atoms with Gasteiger partial charge in [-0.2, -0.15) is 0 Å². The Hall–Kier alpha value is -2.00. The van der Waals surface area contributed by atoms with Crippen molar-refractivity contribution in [3.63, 3.8) is 0 Å². The number of hydrogen-bond donors (Lipinski definition) is 1. The Bertz CT molecular complexity index is 784. The van der Waals surface area contributed by atoms with Gasteiger partial charge < -0.3 is 0 Å². The zero-order chi connectivity index (χ0) is 16.3. The van der Waals surface area contributed by atoms with Crippen LogP contribution in [0.15, 0.2) is 29.6 Å². The summed E-state index contributed by atoms with van der Waals surface area (Å²) in [5, 5.41) is 13.0. The fraction of sp³-hybridized carbons (Fsp3) is 0.308. The third kappa shape index (κ3) is 4.01. The molecule has 2 rings (SSSR count). The van der Waals surface area contributed by atoms with Gasteiger partial charge in [0.05, 0.1) is 10.6 Å². The lowest BCUT2D eigenvalue weighted by atomic mass is 10.2. The van der Waals surface area contributed by atoms with E-state index in [0.29, 0.717) is 0 Å². The normalized spacial score (nSPS) is 11.6. The Morgan fingerprint density at radius 1 is 1.36 bits per heavy atom. The molecule has 0 bridgehead atoms. The first-order valence-electron chi connectivity index (χ1n) is 6.46. The molecule has 0 aliphatic heterocycles. The van der Waals surface area contributed by atoms with Crippen molar-refractivity contribution in [3.05, 3.63) is 51.0 Å². The molecule has 1 heterocycles. The first-order valence-corrected chi connectivity index (χ1v) is 9.00. The minimum atomic E-state index is -3.76.